The number of alkyl halides is 3. The fourth-order valence-electron chi connectivity index (χ4n) is 2.35. The molecule has 0 fully saturated rings. The molecule has 148 valence electrons. The van der Waals surface area contributed by atoms with Crippen LogP contribution >= 0.6 is 0 Å². The van der Waals surface area contributed by atoms with Gasteiger partial charge < -0.3 is 0 Å². The molecule has 2 rings (SSSR count). The predicted molar refractivity (Wildman–Crippen MR) is 92.6 cm³/mol. The van der Waals surface area contributed by atoms with Crippen LogP contribution in [0.1, 0.15) is 24.1 Å². The van der Waals surface area contributed by atoms with Crippen molar-refractivity contribution in [2.24, 2.45) is 5.14 Å². The van der Waals surface area contributed by atoms with Crippen molar-refractivity contribution in [1.29, 1.82) is 0 Å². The fraction of sp³-hybridized carbons (Fsp3) is 0.250. The molecule has 0 spiro atoms. The van der Waals surface area contributed by atoms with Crippen LogP contribution in [0.4, 0.5) is 13.2 Å². The lowest BCUT2D eigenvalue weighted by molar-refractivity contribution is -0.137. The van der Waals surface area contributed by atoms with Crippen molar-refractivity contribution in [3.63, 3.8) is 0 Å². The Labute approximate surface area is 155 Å². The Kier molecular flexibility index (Phi) is 5.71. The van der Waals surface area contributed by atoms with Gasteiger partial charge in [0.05, 0.1) is 15.4 Å². The van der Waals surface area contributed by atoms with Crippen molar-refractivity contribution in [3.05, 3.63) is 59.7 Å². The van der Waals surface area contributed by atoms with E-state index in [1.54, 1.807) is 0 Å². The maximum atomic E-state index is 12.8. The number of nitrogens with zero attached hydrogens (tertiary/aromatic N) is 1. The second-order valence-electron chi connectivity index (χ2n) is 5.84. The maximum absolute atomic E-state index is 12.8. The van der Waals surface area contributed by atoms with Crippen LogP contribution in [0.15, 0.2) is 58.3 Å². The second kappa shape index (κ2) is 7.23. The fourth-order valence-corrected chi connectivity index (χ4v) is 4.27. The summed E-state index contributed by atoms with van der Waals surface area (Å²) in [5.74, 6) is 0. The summed E-state index contributed by atoms with van der Waals surface area (Å²) < 4.78 is 87.4. The number of halogens is 3. The van der Waals surface area contributed by atoms with E-state index < -0.39 is 42.7 Å². The highest BCUT2D eigenvalue weighted by Crippen LogP contribution is 2.32. The molecule has 0 aromatic heterocycles. The van der Waals surface area contributed by atoms with Crippen molar-refractivity contribution >= 4 is 20.0 Å². The SMILES string of the molecule is CC(c1ccc(S(N)(=O)=O)cc1)N(C)S(=O)(=O)c1cccc(C(F)(F)F)c1. The zero-order valence-electron chi connectivity index (χ0n) is 14.3. The highest BCUT2D eigenvalue weighted by molar-refractivity contribution is 7.89. The molecule has 2 aromatic carbocycles. The van der Waals surface area contributed by atoms with Crippen LogP contribution in [-0.2, 0) is 26.2 Å². The van der Waals surface area contributed by atoms with Gasteiger partial charge in [-0.2, -0.15) is 17.5 Å². The van der Waals surface area contributed by atoms with Crippen LogP contribution in [-0.4, -0.2) is 28.2 Å². The molecule has 11 heteroatoms. The normalized spacial score (nSPS) is 14.3. The number of rotatable bonds is 5. The number of hydrogen-bond acceptors (Lipinski definition) is 4. The third-order valence-electron chi connectivity index (χ3n) is 4.07. The Morgan fingerprint density at radius 1 is 0.963 bits per heavy atom. The molecule has 2 aromatic rings. The lowest BCUT2D eigenvalue weighted by Gasteiger charge is -2.25. The first-order valence-electron chi connectivity index (χ1n) is 7.52. The molecule has 0 aliphatic heterocycles. The van der Waals surface area contributed by atoms with E-state index in [2.05, 4.69) is 0 Å². The molecule has 27 heavy (non-hydrogen) atoms. The van der Waals surface area contributed by atoms with E-state index in [1.807, 2.05) is 0 Å². The Hall–Kier alpha value is -1.95. The predicted octanol–water partition coefficient (Wildman–Crippen LogP) is 2.73. The van der Waals surface area contributed by atoms with Crippen molar-refractivity contribution in [2.45, 2.75) is 28.9 Å². The van der Waals surface area contributed by atoms with E-state index in [1.165, 1.54) is 38.2 Å². The van der Waals surface area contributed by atoms with Gasteiger partial charge in [-0.15, -0.1) is 0 Å². The first kappa shape index (κ1) is 21.4. The summed E-state index contributed by atoms with van der Waals surface area (Å²) in [6.07, 6.45) is -4.67. The molecule has 1 unspecified atom stereocenters. The van der Waals surface area contributed by atoms with Crippen molar-refractivity contribution in [2.75, 3.05) is 7.05 Å². The monoisotopic (exact) mass is 422 g/mol. The molecule has 0 bridgehead atoms. The lowest BCUT2D eigenvalue weighted by atomic mass is 10.1. The third kappa shape index (κ3) is 4.67. The molecule has 0 saturated carbocycles. The van der Waals surface area contributed by atoms with Gasteiger partial charge >= 0.3 is 6.18 Å². The summed E-state index contributed by atoms with van der Waals surface area (Å²) in [6.45, 7) is 1.52. The molecule has 2 N–H and O–H groups in total. The molecule has 0 amide bonds. The number of benzene rings is 2. The van der Waals surface area contributed by atoms with Crippen molar-refractivity contribution < 1.29 is 30.0 Å². The van der Waals surface area contributed by atoms with E-state index in [-0.39, 0.29) is 4.90 Å². The molecular formula is C16H17F3N2O4S2. The summed E-state index contributed by atoms with van der Waals surface area (Å²) in [7, 11) is -6.88. The minimum absolute atomic E-state index is 0.137. The highest BCUT2D eigenvalue weighted by Gasteiger charge is 2.33. The summed E-state index contributed by atoms with van der Waals surface area (Å²) in [5, 5.41) is 5.01. The second-order valence-corrected chi connectivity index (χ2v) is 9.40. The molecular weight excluding hydrogens is 405 g/mol. The Morgan fingerprint density at radius 3 is 2.00 bits per heavy atom. The molecule has 0 aliphatic carbocycles. The van der Waals surface area contributed by atoms with E-state index in [0.717, 1.165) is 22.5 Å². The van der Waals surface area contributed by atoms with Gasteiger partial charge in [-0.05, 0) is 42.8 Å². The lowest BCUT2D eigenvalue weighted by Crippen LogP contribution is -2.30. The van der Waals surface area contributed by atoms with Gasteiger partial charge in [0.25, 0.3) is 0 Å². The van der Waals surface area contributed by atoms with Crippen molar-refractivity contribution in [3.8, 4) is 0 Å². The van der Waals surface area contributed by atoms with Gasteiger partial charge in [-0.25, -0.2) is 22.0 Å². The summed E-state index contributed by atoms with van der Waals surface area (Å²) in [6, 6.07) is 7.94. The first-order chi connectivity index (χ1) is 12.2. The standard InChI is InChI=1S/C16H17F3N2O4S2/c1-11(12-6-8-14(9-7-12)26(20,22)23)21(2)27(24,25)15-5-3-4-13(10-15)16(17,18)19/h3-11H,1-2H3,(H2,20,22,23). The summed E-state index contributed by atoms with van der Waals surface area (Å²) in [4.78, 5) is -0.630. The number of hydrogen-bond donors (Lipinski definition) is 1. The van der Waals surface area contributed by atoms with Gasteiger partial charge in [0.1, 0.15) is 0 Å². The van der Waals surface area contributed by atoms with Gasteiger partial charge in [0.15, 0.2) is 0 Å². The largest absolute Gasteiger partial charge is 0.416 e. The molecule has 0 heterocycles. The number of primary sulfonamides is 1. The average molecular weight is 422 g/mol. The summed E-state index contributed by atoms with van der Waals surface area (Å²) in [5.41, 5.74) is -0.623. The molecule has 0 radical (unpaired) electrons. The van der Waals surface area contributed by atoms with E-state index in [9.17, 15) is 30.0 Å². The minimum Gasteiger partial charge on any atom is -0.225 e. The maximum Gasteiger partial charge on any atom is 0.416 e. The van der Waals surface area contributed by atoms with E-state index in [4.69, 9.17) is 5.14 Å². The average Bonchev–Trinajstić information content (AvgIpc) is 2.59. The van der Waals surface area contributed by atoms with E-state index >= 15 is 0 Å². The van der Waals surface area contributed by atoms with Crippen LogP contribution in [0.2, 0.25) is 0 Å². The van der Waals surface area contributed by atoms with Gasteiger partial charge in [0.2, 0.25) is 20.0 Å². The smallest absolute Gasteiger partial charge is 0.225 e. The number of nitrogens with two attached hydrogens (primary N) is 1. The minimum atomic E-state index is -4.67. The zero-order chi connectivity index (χ0) is 20.6. The van der Waals surface area contributed by atoms with Gasteiger partial charge in [-0.1, -0.05) is 18.2 Å². The van der Waals surface area contributed by atoms with Gasteiger partial charge in [0, 0.05) is 13.1 Å². The third-order valence-corrected chi connectivity index (χ3v) is 6.93. The molecule has 6 nitrogen and oxygen atoms in total. The van der Waals surface area contributed by atoms with Crippen LogP contribution in [0.25, 0.3) is 0 Å². The van der Waals surface area contributed by atoms with Crippen molar-refractivity contribution in [1.82, 2.24) is 4.31 Å². The van der Waals surface area contributed by atoms with Gasteiger partial charge in [-0.3, -0.25) is 0 Å². The molecule has 0 saturated heterocycles. The quantitative estimate of drug-likeness (QED) is 0.801. The highest BCUT2D eigenvalue weighted by atomic mass is 32.2. The zero-order valence-corrected chi connectivity index (χ0v) is 15.9. The Balaban J connectivity index is 2.36. The molecule has 0 aliphatic rings. The first-order valence-corrected chi connectivity index (χ1v) is 10.5. The van der Waals surface area contributed by atoms with E-state index in [0.29, 0.717) is 11.6 Å². The topological polar surface area (TPSA) is 97.5 Å². The Morgan fingerprint density at radius 2 is 1.52 bits per heavy atom. The molecule has 1 atom stereocenters. The van der Waals surface area contributed by atoms with Crippen LogP contribution in [0.3, 0.4) is 0 Å². The van der Waals surface area contributed by atoms with Crippen LogP contribution in [0, 0.1) is 0 Å². The van der Waals surface area contributed by atoms with Crippen LogP contribution < -0.4 is 5.14 Å². The number of sulfonamides is 2. The van der Waals surface area contributed by atoms with Crippen LogP contribution in [0.5, 0.6) is 0 Å². The Bertz CT molecular complexity index is 1030. The summed E-state index contributed by atoms with van der Waals surface area (Å²) >= 11 is 0.